The summed E-state index contributed by atoms with van der Waals surface area (Å²) in [6.07, 6.45) is 2.10. The van der Waals surface area contributed by atoms with Gasteiger partial charge in [0, 0.05) is 0 Å². The Hall–Kier alpha value is -0.443. The minimum absolute atomic E-state index is 1.27. The van der Waals surface area contributed by atoms with Crippen LogP contribution in [0.3, 0.4) is 0 Å². The van der Waals surface area contributed by atoms with Gasteiger partial charge < -0.3 is 0 Å². The molecular weight excluding hydrogens is 115 g/mol. The Morgan fingerprint density at radius 1 is 1.20 bits per heavy atom. The number of rotatable bonds is 1. The molecule has 1 aromatic carbocycles. The first-order chi connectivity index (χ1) is 4.83. The van der Waals surface area contributed by atoms with E-state index in [9.17, 15) is 0 Å². The van der Waals surface area contributed by atoms with Crippen molar-refractivity contribution >= 4 is 23.8 Å². The van der Waals surface area contributed by atoms with E-state index >= 15 is 0 Å². The second-order valence-electron chi connectivity index (χ2n) is 2.41. The van der Waals surface area contributed by atoms with Crippen molar-refractivity contribution in [3.63, 3.8) is 0 Å². The third-order valence-corrected chi connectivity index (χ3v) is 1.44. The molecule has 0 unspecified atom stereocenters. The summed E-state index contributed by atoms with van der Waals surface area (Å²) in [4.78, 5) is 0. The van der Waals surface area contributed by atoms with Crippen LogP contribution < -0.4 is 0 Å². The molecule has 0 N–H and O–H groups in total. The fraction of sp³-hybridized carbons (Fsp3) is 0.111. The molecule has 0 aromatic heterocycles. The summed E-state index contributed by atoms with van der Waals surface area (Å²) in [6, 6.07) is 8.48. The van der Waals surface area contributed by atoms with E-state index in [2.05, 4.69) is 37.3 Å². The summed E-state index contributed by atoms with van der Waals surface area (Å²) >= 11 is 2.03. The molecular formula is C9H9Li. The first kappa shape index (κ1) is 7.66. The fourth-order valence-corrected chi connectivity index (χ4v) is 0.870. The Balaban J connectivity index is 2.89. The van der Waals surface area contributed by atoms with Gasteiger partial charge in [-0.2, -0.15) is 0 Å². The number of benzene rings is 1. The molecule has 0 aliphatic carbocycles. The molecule has 0 atom stereocenters. The second-order valence-corrected chi connectivity index (χ2v) is 2.41. The van der Waals surface area contributed by atoms with Crippen LogP contribution in [0.1, 0.15) is 11.1 Å². The van der Waals surface area contributed by atoms with Gasteiger partial charge in [0.2, 0.25) is 0 Å². The van der Waals surface area contributed by atoms with Crippen LogP contribution in [-0.4, -0.2) is 17.7 Å². The predicted octanol–water partition coefficient (Wildman–Crippen LogP) is 2.13. The summed E-state index contributed by atoms with van der Waals surface area (Å²) < 4.78 is 2.05. The molecule has 10 heavy (non-hydrogen) atoms. The van der Waals surface area contributed by atoms with E-state index in [0.717, 1.165) is 0 Å². The van der Waals surface area contributed by atoms with E-state index in [4.69, 9.17) is 0 Å². The van der Waals surface area contributed by atoms with Crippen LogP contribution in [0.2, 0.25) is 0 Å². The first-order valence-corrected chi connectivity index (χ1v) is 3.52. The second kappa shape index (κ2) is 3.66. The first-order valence-electron chi connectivity index (χ1n) is 3.52. The van der Waals surface area contributed by atoms with Crippen LogP contribution >= 0.6 is 0 Å². The standard InChI is InChI=1S/C9H9.Li/c1-3-9-6-4-8(2)5-7-9;/h1,3-7H,2H3;. The molecule has 0 amide bonds. The van der Waals surface area contributed by atoms with E-state index in [-0.39, 0.29) is 0 Å². The van der Waals surface area contributed by atoms with Crippen LogP contribution in [0.15, 0.2) is 29.0 Å². The molecule has 0 nitrogen and oxygen atoms in total. The van der Waals surface area contributed by atoms with Gasteiger partial charge in [0.15, 0.2) is 0 Å². The van der Waals surface area contributed by atoms with Crippen molar-refractivity contribution in [3.05, 3.63) is 40.1 Å². The topological polar surface area (TPSA) is 0 Å². The molecule has 0 heterocycles. The van der Waals surface area contributed by atoms with Crippen LogP contribution in [0, 0.1) is 6.92 Å². The third-order valence-electron chi connectivity index (χ3n) is 1.44. The number of aryl methyl sites for hydroxylation is 1. The van der Waals surface area contributed by atoms with Gasteiger partial charge in [-0.15, -0.1) is 0 Å². The molecule has 1 aromatic rings. The van der Waals surface area contributed by atoms with Gasteiger partial charge >= 0.3 is 70.9 Å². The molecule has 0 bridgehead atoms. The normalized spacial score (nSPS) is 10.7. The molecule has 0 aliphatic heterocycles. The van der Waals surface area contributed by atoms with Gasteiger partial charge in [0.1, 0.15) is 0 Å². The molecule has 46 valence electrons. The Labute approximate surface area is 71.2 Å². The van der Waals surface area contributed by atoms with Crippen LogP contribution in [0.25, 0.3) is 6.08 Å². The third kappa shape index (κ3) is 2.06. The molecule has 1 heteroatoms. The molecule has 0 spiro atoms. The summed E-state index contributed by atoms with van der Waals surface area (Å²) in [6.45, 7) is 2.10. The van der Waals surface area contributed by atoms with Gasteiger partial charge in [-0.3, -0.25) is 0 Å². The molecule has 0 aliphatic rings. The zero-order valence-corrected chi connectivity index (χ0v) is 6.46. The summed E-state index contributed by atoms with van der Waals surface area (Å²) in [5.74, 6) is 0. The van der Waals surface area contributed by atoms with Crippen molar-refractivity contribution in [1.82, 2.24) is 0 Å². The molecule has 0 saturated carbocycles. The summed E-state index contributed by atoms with van der Waals surface area (Å²) in [7, 11) is 0. The summed E-state index contributed by atoms with van der Waals surface area (Å²) in [5.41, 5.74) is 2.58. The maximum atomic E-state index is 2.12. The Morgan fingerprint density at radius 3 is 2.30 bits per heavy atom. The SMILES string of the molecule is [Li]/[CH]=C/c1ccc(C)cc1. The van der Waals surface area contributed by atoms with E-state index < -0.39 is 0 Å². The molecule has 0 radical (unpaired) electrons. The quantitative estimate of drug-likeness (QED) is 0.503. The van der Waals surface area contributed by atoms with E-state index in [1.54, 1.807) is 0 Å². The average molecular weight is 124 g/mol. The van der Waals surface area contributed by atoms with Crippen molar-refractivity contribution in [2.75, 3.05) is 0 Å². The van der Waals surface area contributed by atoms with Crippen molar-refractivity contribution in [2.24, 2.45) is 0 Å². The van der Waals surface area contributed by atoms with Gasteiger partial charge in [-0.1, -0.05) is 0 Å². The van der Waals surface area contributed by atoms with E-state index in [1.807, 2.05) is 22.5 Å². The van der Waals surface area contributed by atoms with Gasteiger partial charge in [-0.05, 0) is 0 Å². The van der Waals surface area contributed by atoms with Crippen molar-refractivity contribution in [3.8, 4) is 0 Å². The van der Waals surface area contributed by atoms with E-state index in [1.165, 1.54) is 11.1 Å². The monoisotopic (exact) mass is 124 g/mol. The average Bonchev–Trinajstić information content (AvgIpc) is 1.95. The Bertz CT molecular complexity index is 221. The zero-order chi connectivity index (χ0) is 7.40. The van der Waals surface area contributed by atoms with Crippen LogP contribution in [0.5, 0.6) is 0 Å². The number of hydrogen-bond donors (Lipinski definition) is 0. The van der Waals surface area contributed by atoms with Crippen LogP contribution in [0.4, 0.5) is 0 Å². The Kier molecular flexibility index (Phi) is 2.80. The zero-order valence-electron chi connectivity index (χ0n) is 6.46. The van der Waals surface area contributed by atoms with Gasteiger partial charge in [-0.25, -0.2) is 0 Å². The van der Waals surface area contributed by atoms with Gasteiger partial charge in [0.05, 0.1) is 0 Å². The minimum atomic E-state index is 1.27. The fourth-order valence-electron chi connectivity index (χ4n) is 0.870. The molecule has 0 fully saturated rings. The van der Waals surface area contributed by atoms with Crippen molar-refractivity contribution in [2.45, 2.75) is 6.92 Å². The van der Waals surface area contributed by atoms with Crippen molar-refractivity contribution < 1.29 is 0 Å². The van der Waals surface area contributed by atoms with Crippen molar-refractivity contribution in [1.29, 1.82) is 0 Å². The van der Waals surface area contributed by atoms with E-state index in [0.29, 0.717) is 0 Å². The van der Waals surface area contributed by atoms with Gasteiger partial charge in [0.25, 0.3) is 0 Å². The molecule has 0 saturated heterocycles. The maximum absolute atomic E-state index is 2.12. The van der Waals surface area contributed by atoms with Crippen LogP contribution in [-0.2, 0) is 0 Å². The summed E-state index contributed by atoms with van der Waals surface area (Å²) in [5, 5.41) is 0. The molecule has 1 rings (SSSR count). The predicted molar refractivity (Wildman–Crippen MR) is 46.0 cm³/mol. The number of hydrogen-bond acceptors (Lipinski definition) is 0. The Morgan fingerprint density at radius 2 is 1.80 bits per heavy atom.